The van der Waals surface area contributed by atoms with Gasteiger partial charge in [0.1, 0.15) is 5.69 Å². The molecule has 0 saturated carbocycles. The molecule has 0 unspecified atom stereocenters. The molecule has 17 heteroatoms. The summed E-state index contributed by atoms with van der Waals surface area (Å²) in [6, 6.07) is 1.14. The molecule has 4 rings (SSSR count). The van der Waals surface area contributed by atoms with Crippen LogP contribution < -0.4 is 15.5 Å². The number of pyridine rings is 1. The van der Waals surface area contributed by atoms with Gasteiger partial charge in [0.25, 0.3) is 0 Å². The van der Waals surface area contributed by atoms with Gasteiger partial charge in [0.15, 0.2) is 0 Å². The van der Waals surface area contributed by atoms with Crippen LogP contribution in [0.15, 0.2) is 36.5 Å². The topological polar surface area (TPSA) is 103 Å². The first kappa shape index (κ1) is 33.6. The van der Waals surface area contributed by atoms with Crippen LogP contribution in [0, 0.1) is 0 Å². The molecule has 0 saturated heterocycles. The van der Waals surface area contributed by atoms with Gasteiger partial charge in [-0.1, -0.05) is 13.8 Å². The average Bonchev–Trinajstić information content (AvgIpc) is 2.94. The molecule has 0 fully saturated rings. The number of halogens is 9. The van der Waals surface area contributed by atoms with Crippen molar-refractivity contribution in [1.29, 1.82) is 0 Å². The molecular weight excluding hydrogens is 623 g/mol. The Kier molecular flexibility index (Phi) is 9.40. The van der Waals surface area contributed by atoms with Gasteiger partial charge in [-0.15, -0.1) is 0 Å². The van der Waals surface area contributed by atoms with Gasteiger partial charge in [-0.2, -0.15) is 39.5 Å². The predicted molar refractivity (Wildman–Crippen MR) is 145 cm³/mol. The van der Waals surface area contributed by atoms with Crippen LogP contribution in [0.2, 0.25) is 0 Å². The molecule has 1 aliphatic heterocycles. The summed E-state index contributed by atoms with van der Waals surface area (Å²) >= 11 is 0. The zero-order valence-electron chi connectivity index (χ0n) is 23.7. The highest BCUT2D eigenvalue weighted by atomic mass is 19.4. The van der Waals surface area contributed by atoms with E-state index in [0.29, 0.717) is 31.2 Å². The van der Waals surface area contributed by atoms with Crippen LogP contribution in [0.1, 0.15) is 72.9 Å². The van der Waals surface area contributed by atoms with Crippen LogP contribution in [-0.4, -0.2) is 38.7 Å². The second kappa shape index (κ2) is 12.6. The Morgan fingerprint density at radius 1 is 0.956 bits per heavy atom. The zero-order valence-corrected chi connectivity index (χ0v) is 23.7. The smallest absolute Gasteiger partial charge is 0.433 e. The summed E-state index contributed by atoms with van der Waals surface area (Å²) in [6.45, 7) is 3.87. The van der Waals surface area contributed by atoms with Crippen molar-refractivity contribution in [2.45, 2.75) is 70.1 Å². The van der Waals surface area contributed by atoms with E-state index in [0.717, 1.165) is 11.0 Å². The van der Waals surface area contributed by atoms with Crippen molar-refractivity contribution in [1.82, 2.24) is 15.0 Å². The Labute approximate surface area is 250 Å². The number of aromatic nitrogens is 3. The molecule has 2 atom stereocenters. The van der Waals surface area contributed by atoms with Crippen LogP contribution in [0.4, 0.5) is 61.6 Å². The van der Waals surface area contributed by atoms with Gasteiger partial charge in [0.2, 0.25) is 5.95 Å². The summed E-state index contributed by atoms with van der Waals surface area (Å²) < 4.78 is 121. The van der Waals surface area contributed by atoms with E-state index < -0.39 is 59.9 Å². The molecule has 3 N–H and O–H groups in total. The van der Waals surface area contributed by atoms with Crippen LogP contribution in [0.25, 0.3) is 0 Å². The zero-order chi connectivity index (χ0) is 33.3. The Morgan fingerprint density at radius 2 is 1.60 bits per heavy atom. The molecule has 2 aromatic heterocycles. The number of nitrogens with zero attached hydrogens (tertiary/aromatic N) is 4. The van der Waals surface area contributed by atoms with Crippen molar-refractivity contribution in [3.63, 3.8) is 0 Å². The van der Waals surface area contributed by atoms with Gasteiger partial charge in [0.05, 0.1) is 46.1 Å². The third kappa shape index (κ3) is 7.68. The molecule has 3 heterocycles. The number of nitrogens with one attached hydrogen (secondary N) is 2. The van der Waals surface area contributed by atoms with Crippen molar-refractivity contribution in [2.75, 3.05) is 22.1 Å². The van der Waals surface area contributed by atoms with Gasteiger partial charge in [0, 0.05) is 19.0 Å². The highest BCUT2D eigenvalue weighted by Crippen LogP contribution is 2.41. The second-order valence-electron chi connectivity index (χ2n) is 10.3. The first-order valence-corrected chi connectivity index (χ1v) is 13.7. The van der Waals surface area contributed by atoms with E-state index >= 15 is 0 Å². The molecular formula is C28H27F9N6O2. The lowest BCUT2D eigenvalue weighted by molar-refractivity contribution is -0.143. The highest BCUT2D eigenvalue weighted by molar-refractivity contribution is 5.88. The maximum atomic E-state index is 13.5. The molecule has 0 spiro atoms. The van der Waals surface area contributed by atoms with E-state index in [4.69, 9.17) is 0 Å². The predicted octanol–water partition coefficient (Wildman–Crippen LogP) is 8.16. The fraction of sp³-hybridized carbons (Fsp3) is 0.429. The lowest BCUT2D eigenvalue weighted by Gasteiger charge is -2.38. The van der Waals surface area contributed by atoms with E-state index in [-0.39, 0.29) is 53.2 Å². The van der Waals surface area contributed by atoms with Gasteiger partial charge in [-0.25, -0.2) is 19.7 Å². The van der Waals surface area contributed by atoms with Gasteiger partial charge < -0.3 is 15.7 Å². The fourth-order valence-electron chi connectivity index (χ4n) is 5.01. The van der Waals surface area contributed by atoms with Crippen LogP contribution in [-0.2, 0) is 24.9 Å². The SMILES string of the molecule is CCCNc1cnc(N[C@H]2C[C@@H](CC)N(C(=O)O)c3ccc(C(F)(F)F)nc32)nc1Cc1cc(C(F)(F)F)cc(C(F)(F)F)c1. The molecule has 1 amide bonds. The molecule has 45 heavy (non-hydrogen) atoms. The Morgan fingerprint density at radius 3 is 2.13 bits per heavy atom. The standard InChI is InChI=1S/C28H27F9N6O2/c1-3-7-38-20-13-39-24(40-18(20)10-14-8-15(26(29,30)31)11-16(9-14)27(32,33)34)41-19-12-17(4-2)43(25(44)45)21-5-6-22(28(35,36)37)42-23(19)21/h5-6,8-9,11,13,17,19,38H,3-4,7,10,12H2,1-2H3,(H,44,45)(H,39,40,41)/t17-,19+/m1/s1. The van der Waals surface area contributed by atoms with E-state index in [1.807, 2.05) is 6.92 Å². The Bertz CT molecular complexity index is 1510. The fourth-order valence-corrected chi connectivity index (χ4v) is 5.01. The van der Waals surface area contributed by atoms with Crippen LogP contribution >= 0.6 is 0 Å². The third-order valence-corrected chi connectivity index (χ3v) is 7.09. The first-order valence-electron chi connectivity index (χ1n) is 13.7. The summed E-state index contributed by atoms with van der Waals surface area (Å²) in [4.78, 5) is 25.1. The lowest BCUT2D eigenvalue weighted by atomic mass is 9.93. The van der Waals surface area contributed by atoms with Gasteiger partial charge in [-0.05, 0) is 55.2 Å². The minimum absolute atomic E-state index is 0.0139. The van der Waals surface area contributed by atoms with Crippen molar-refractivity contribution in [2.24, 2.45) is 0 Å². The number of carboxylic acid groups (broad SMARTS) is 1. The third-order valence-electron chi connectivity index (χ3n) is 7.09. The number of amides is 1. The number of rotatable bonds is 8. The van der Waals surface area contributed by atoms with Crippen LogP contribution in [0.5, 0.6) is 0 Å². The first-order chi connectivity index (χ1) is 20.9. The Balaban J connectivity index is 1.77. The van der Waals surface area contributed by atoms with Gasteiger partial charge >= 0.3 is 24.6 Å². The normalized spacial score (nSPS) is 17.2. The molecule has 0 aliphatic carbocycles. The number of alkyl halides is 9. The average molecular weight is 651 g/mol. The molecule has 1 aromatic carbocycles. The lowest BCUT2D eigenvalue weighted by Crippen LogP contribution is -2.45. The van der Waals surface area contributed by atoms with E-state index in [1.54, 1.807) is 6.92 Å². The molecule has 0 bridgehead atoms. The van der Waals surface area contributed by atoms with E-state index in [1.165, 1.54) is 6.20 Å². The number of fused-ring (bicyclic) bond motifs is 1. The van der Waals surface area contributed by atoms with Crippen molar-refractivity contribution >= 4 is 23.4 Å². The minimum Gasteiger partial charge on any atom is -0.465 e. The number of hydrogen-bond donors (Lipinski definition) is 3. The minimum atomic E-state index is -5.06. The van der Waals surface area contributed by atoms with E-state index in [9.17, 15) is 49.4 Å². The molecule has 1 aliphatic rings. The van der Waals surface area contributed by atoms with Crippen molar-refractivity contribution in [3.05, 3.63) is 70.3 Å². The van der Waals surface area contributed by atoms with Crippen LogP contribution in [0.3, 0.4) is 0 Å². The maximum Gasteiger partial charge on any atom is 0.433 e. The summed E-state index contributed by atoms with van der Waals surface area (Å²) in [5.74, 6) is -0.205. The molecule has 0 radical (unpaired) electrons. The number of anilines is 3. The summed E-state index contributed by atoms with van der Waals surface area (Å²) in [7, 11) is 0. The summed E-state index contributed by atoms with van der Waals surface area (Å²) in [5.41, 5.74) is -4.70. The number of hydrogen-bond acceptors (Lipinski definition) is 6. The maximum absolute atomic E-state index is 13.5. The molecule has 3 aromatic rings. The van der Waals surface area contributed by atoms with E-state index in [2.05, 4.69) is 25.6 Å². The largest absolute Gasteiger partial charge is 0.465 e. The number of benzene rings is 1. The number of carbonyl (C=O) groups is 1. The molecule has 8 nitrogen and oxygen atoms in total. The quantitative estimate of drug-likeness (QED) is 0.212. The summed E-state index contributed by atoms with van der Waals surface area (Å²) in [5, 5.41) is 15.6. The monoisotopic (exact) mass is 650 g/mol. The summed E-state index contributed by atoms with van der Waals surface area (Å²) in [6.07, 6.45) is -14.7. The van der Waals surface area contributed by atoms with Crippen molar-refractivity contribution in [3.8, 4) is 0 Å². The Hall–Kier alpha value is -4.31. The highest BCUT2D eigenvalue weighted by Gasteiger charge is 2.41. The van der Waals surface area contributed by atoms with Crippen molar-refractivity contribution < 1.29 is 49.4 Å². The molecule has 244 valence electrons. The van der Waals surface area contributed by atoms with Gasteiger partial charge in [-0.3, -0.25) is 4.90 Å². The second-order valence-corrected chi connectivity index (χ2v) is 10.3.